The minimum absolute atomic E-state index is 0.234. The Morgan fingerprint density at radius 2 is 2.38 bits per heavy atom. The summed E-state index contributed by atoms with van der Waals surface area (Å²) in [5.74, 6) is 0.996. The molecule has 0 radical (unpaired) electrons. The van der Waals surface area contributed by atoms with Crippen molar-refractivity contribution in [3.05, 3.63) is 12.2 Å². The van der Waals surface area contributed by atoms with Crippen LogP contribution in [-0.2, 0) is 17.9 Å². The number of rotatable bonds is 4. The van der Waals surface area contributed by atoms with Crippen molar-refractivity contribution in [1.82, 2.24) is 19.7 Å². The molecule has 0 saturated heterocycles. The molecule has 16 heavy (non-hydrogen) atoms. The second kappa shape index (κ2) is 4.33. The van der Waals surface area contributed by atoms with Crippen molar-refractivity contribution < 1.29 is 4.79 Å². The van der Waals surface area contributed by atoms with Gasteiger partial charge in [-0.3, -0.25) is 4.90 Å². The van der Waals surface area contributed by atoms with Gasteiger partial charge in [-0.2, -0.15) is 0 Å². The van der Waals surface area contributed by atoms with Gasteiger partial charge in [-0.1, -0.05) is 13.8 Å². The number of carbonyl (C=O) groups is 1. The molecule has 88 valence electrons. The Labute approximate surface area is 95.5 Å². The molecule has 2 heterocycles. The average Bonchev–Trinajstić information content (AvgIpc) is 2.76. The summed E-state index contributed by atoms with van der Waals surface area (Å²) >= 11 is 0. The minimum atomic E-state index is -0.234. The molecule has 0 aromatic carbocycles. The lowest BCUT2D eigenvalue weighted by Gasteiger charge is -2.33. The molecule has 0 spiro atoms. The second-order valence-electron chi connectivity index (χ2n) is 4.78. The van der Waals surface area contributed by atoms with Gasteiger partial charge >= 0.3 is 0 Å². The highest BCUT2D eigenvalue weighted by Crippen LogP contribution is 2.21. The monoisotopic (exact) mass is 222 g/mol. The second-order valence-corrected chi connectivity index (χ2v) is 4.78. The summed E-state index contributed by atoms with van der Waals surface area (Å²) in [5.41, 5.74) is -0.234. The maximum Gasteiger partial charge on any atom is 0.147 e. The highest BCUT2D eigenvalue weighted by Gasteiger charge is 2.27. The Bertz CT molecular complexity index is 376. The summed E-state index contributed by atoms with van der Waals surface area (Å²) in [6, 6.07) is 0. The van der Waals surface area contributed by atoms with Crippen molar-refractivity contribution in [2.45, 2.75) is 33.4 Å². The summed E-state index contributed by atoms with van der Waals surface area (Å²) < 4.78 is 2.07. The van der Waals surface area contributed by atoms with Crippen molar-refractivity contribution >= 4 is 6.29 Å². The maximum absolute atomic E-state index is 11.1. The summed E-state index contributed by atoms with van der Waals surface area (Å²) in [7, 11) is 0. The van der Waals surface area contributed by atoms with Gasteiger partial charge in [0.1, 0.15) is 18.4 Å². The molecule has 5 heteroatoms. The molecule has 5 nitrogen and oxygen atoms in total. The van der Waals surface area contributed by atoms with Crippen molar-refractivity contribution in [2.75, 3.05) is 13.1 Å². The number of fused-ring (bicyclic) bond motifs is 1. The van der Waals surface area contributed by atoms with E-state index in [4.69, 9.17) is 0 Å². The number of hydrogen-bond acceptors (Lipinski definition) is 4. The smallest absolute Gasteiger partial charge is 0.147 e. The quantitative estimate of drug-likeness (QED) is 0.704. The van der Waals surface area contributed by atoms with Gasteiger partial charge in [-0.25, -0.2) is 0 Å². The van der Waals surface area contributed by atoms with Gasteiger partial charge in [0.05, 0.1) is 6.54 Å². The van der Waals surface area contributed by atoms with E-state index in [1.165, 1.54) is 0 Å². The van der Waals surface area contributed by atoms with Gasteiger partial charge in [-0.05, 0) is 6.42 Å². The Kier molecular flexibility index (Phi) is 3.05. The van der Waals surface area contributed by atoms with Crippen molar-refractivity contribution in [3.63, 3.8) is 0 Å². The van der Waals surface area contributed by atoms with Crippen LogP contribution < -0.4 is 0 Å². The van der Waals surface area contributed by atoms with Crippen molar-refractivity contribution in [3.8, 4) is 0 Å². The van der Waals surface area contributed by atoms with Crippen LogP contribution >= 0.6 is 0 Å². The highest BCUT2D eigenvalue weighted by molar-refractivity contribution is 5.58. The third-order valence-electron chi connectivity index (χ3n) is 3.39. The number of nitrogens with zero attached hydrogens (tertiary/aromatic N) is 4. The Morgan fingerprint density at radius 1 is 1.56 bits per heavy atom. The summed E-state index contributed by atoms with van der Waals surface area (Å²) in [6.45, 7) is 7.55. The predicted molar refractivity (Wildman–Crippen MR) is 59.8 cm³/mol. The van der Waals surface area contributed by atoms with Gasteiger partial charge in [-0.15, -0.1) is 10.2 Å². The molecule has 1 atom stereocenters. The van der Waals surface area contributed by atoms with E-state index in [0.29, 0.717) is 0 Å². The zero-order valence-corrected chi connectivity index (χ0v) is 9.89. The number of hydrogen-bond donors (Lipinski definition) is 0. The van der Waals surface area contributed by atoms with E-state index in [1.54, 1.807) is 6.33 Å². The Balaban J connectivity index is 2.01. The number of aromatic nitrogens is 3. The largest absolute Gasteiger partial charge is 0.315 e. The number of aldehydes is 1. The molecular weight excluding hydrogens is 204 g/mol. The first-order valence-corrected chi connectivity index (χ1v) is 5.72. The lowest BCUT2D eigenvalue weighted by atomic mass is 9.89. The molecule has 2 rings (SSSR count). The van der Waals surface area contributed by atoms with E-state index in [2.05, 4.69) is 26.6 Å². The fourth-order valence-electron chi connectivity index (χ4n) is 1.99. The van der Waals surface area contributed by atoms with Crippen LogP contribution in [0.5, 0.6) is 0 Å². The molecule has 1 aliphatic heterocycles. The lowest BCUT2D eigenvalue weighted by Crippen LogP contribution is -2.41. The van der Waals surface area contributed by atoms with E-state index in [1.807, 2.05) is 6.92 Å². The van der Waals surface area contributed by atoms with Crippen LogP contribution in [0.25, 0.3) is 0 Å². The Hall–Kier alpha value is -1.23. The SMILES string of the molecule is CCC(C)(C=O)CN1CCn2cnnc2C1. The minimum Gasteiger partial charge on any atom is -0.315 e. The zero-order valence-electron chi connectivity index (χ0n) is 9.89. The van der Waals surface area contributed by atoms with Crippen LogP contribution in [0.1, 0.15) is 26.1 Å². The van der Waals surface area contributed by atoms with Crippen molar-refractivity contribution in [2.24, 2.45) is 5.41 Å². The van der Waals surface area contributed by atoms with Crippen LogP contribution in [0.4, 0.5) is 0 Å². The number of carbonyl (C=O) groups excluding carboxylic acids is 1. The van der Waals surface area contributed by atoms with E-state index in [0.717, 1.165) is 44.7 Å². The molecule has 1 aliphatic rings. The topological polar surface area (TPSA) is 51.0 Å². The third kappa shape index (κ3) is 2.14. The summed E-state index contributed by atoms with van der Waals surface area (Å²) in [5, 5.41) is 7.96. The molecule has 1 unspecified atom stereocenters. The zero-order chi connectivity index (χ0) is 11.6. The first kappa shape index (κ1) is 11.3. The van der Waals surface area contributed by atoms with Gasteiger partial charge in [0.25, 0.3) is 0 Å². The van der Waals surface area contributed by atoms with Gasteiger partial charge in [0.2, 0.25) is 0 Å². The molecule has 0 aliphatic carbocycles. The first-order valence-electron chi connectivity index (χ1n) is 5.72. The fraction of sp³-hybridized carbons (Fsp3) is 0.727. The Morgan fingerprint density at radius 3 is 3.06 bits per heavy atom. The molecule has 0 fully saturated rings. The highest BCUT2D eigenvalue weighted by atomic mass is 16.1. The van der Waals surface area contributed by atoms with E-state index in [-0.39, 0.29) is 5.41 Å². The van der Waals surface area contributed by atoms with Crippen LogP contribution in [0, 0.1) is 5.41 Å². The van der Waals surface area contributed by atoms with Crippen LogP contribution in [0.15, 0.2) is 6.33 Å². The van der Waals surface area contributed by atoms with Gasteiger partial charge < -0.3 is 9.36 Å². The van der Waals surface area contributed by atoms with Crippen molar-refractivity contribution in [1.29, 1.82) is 0 Å². The first-order chi connectivity index (χ1) is 7.67. The lowest BCUT2D eigenvalue weighted by molar-refractivity contribution is -0.116. The molecule has 0 saturated carbocycles. The molecule has 0 N–H and O–H groups in total. The third-order valence-corrected chi connectivity index (χ3v) is 3.39. The standard InChI is InChI=1S/C11H18N4O/c1-3-11(2,8-16)7-14-4-5-15-9-12-13-10(15)6-14/h8-9H,3-7H2,1-2H3. The van der Waals surface area contributed by atoms with Crippen LogP contribution in [0.2, 0.25) is 0 Å². The summed E-state index contributed by atoms with van der Waals surface area (Å²) in [6.07, 6.45) is 3.72. The van der Waals surface area contributed by atoms with E-state index >= 15 is 0 Å². The van der Waals surface area contributed by atoms with Crippen LogP contribution in [-0.4, -0.2) is 39.0 Å². The molecular formula is C11H18N4O. The average molecular weight is 222 g/mol. The molecule has 1 aromatic rings. The van der Waals surface area contributed by atoms with Gasteiger partial charge in [0, 0.05) is 25.0 Å². The summed E-state index contributed by atoms with van der Waals surface area (Å²) in [4.78, 5) is 13.3. The van der Waals surface area contributed by atoms with Gasteiger partial charge in [0.15, 0.2) is 0 Å². The fourth-order valence-corrected chi connectivity index (χ4v) is 1.99. The predicted octanol–water partition coefficient (Wildman–Crippen LogP) is 0.709. The maximum atomic E-state index is 11.1. The molecule has 0 amide bonds. The van der Waals surface area contributed by atoms with E-state index in [9.17, 15) is 4.79 Å². The molecule has 1 aromatic heterocycles. The normalized spacial score (nSPS) is 20.1. The van der Waals surface area contributed by atoms with E-state index < -0.39 is 0 Å². The molecule has 0 bridgehead atoms. The van der Waals surface area contributed by atoms with Crippen LogP contribution in [0.3, 0.4) is 0 Å².